The number of carbonyl (C=O) groups is 1. The molecular formula is C13H18F2IN3O2. The van der Waals surface area contributed by atoms with Gasteiger partial charge in [-0.3, -0.25) is 9.79 Å². The third kappa shape index (κ3) is 7.21. The molecule has 1 aromatic carbocycles. The van der Waals surface area contributed by atoms with Crippen molar-refractivity contribution < 1.29 is 18.3 Å². The molecule has 0 unspecified atom stereocenters. The topological polar surface area (TPSA) is 62.7 Å². The minimum atomic E-state index is -0.503. The normalized spacial score (nSPS) is 10.6. The highest BCUT2D eigenvalue weighted by Crippen LogP contribution is 2.08. The van der Waals surface area contributed by atoms with Gasteiger partial charge in [0.25, 0.3) is 0 Å². The fraction of sp³-hybridized carbons (Fsp3) is 0.385. The Labute approximate surface area is 139 Å². The van der Waals surface area contributed by atoms with Gasteiger partial charge in [-0.25, -0.2) is 8.78 Å². The zero-order chi connectivity index (χ0) is 15.0. The highest BCUT2D eigenvalue weighted by molar-refractivity contribution is 14.0. The molecule has 0 bridgehead atoms. The van der Waals surface area contributed by atoms with Crippen LogP contribution in [0.15, 0.2) is 23.2 Å². The van der Waals surface area contributed by atoms with E-state index in [4.69, 9.17) is 0 Å². The molecule has 8 heteroatoms. The molecule has 0 fully saturated rings. The third-order valence-electron chi connectivity index (χ3n) is 2.53. The van der Waals surface area contributed by atoms with Gasteiger partial charge < -0.3 is 15.4 Å². The molecule has 0 atom stereocenters. The van der Waals surface area contributed by atoms with Gasteiger partial charge in [-0.1, -0.05) is 0 Å². The Kier molecular flexibility index (Phi) is 9.59. The van der Waals surface area contributed by atoms with Crippen LogP contribution in [0.3, 0.4) is 0 Å². The van der Waals surface area contributed by atoms with Crippen LogP contribution in [0.2, 0.25) is 0 Å². The molecule has 0 aliphatic rings. The predicted molar refractivity (Wildman–Crippen MR) is 86.6 cm³/mol. The summed E-state index contributed by atoms with van der Waals surface area (Å²) in [4.78, 5) is 14.8. The van der Waals surface area contributed by atoms with Gasteiger partial charge in [0.1, 0.15) is 11.6 Å². The second kappa shape index (κ2) is 10.3. The molecule has 0 aliphatic carbocycles. The van der Waals surface area contributed by atoms with Crippen molar-refractivity contribution in [1.82, 2.24) is 10.6 Å². The summed E-state index contributed by atoms with van der Waals surface area (Å²) >= 11 is 0. The van der Waals surface area contributed by atoms with Gasteiger partial charge in [-0.2, -0.15) is 0 Å². The SMILES string of the molecule is CN=C(NCCC(=O)OC)NCc1cc(F)ccc1F.I. The lowest BCUT2D eigenvalue weighted by Crippen LogP contribution is -2.38. The van der Waals surface area contributed by atoms with Crippen molar-refractivity contribution in [3.8, 4) is 0 Å². The minimum absolute atomic E-state index is 0. The van der Waals surface area contributed by atoms with Gasteiger partial charge in [0.05, 0.1) is 13.5 Å². The van der Waals surface area contributed by atoms with E-state index in [0.29, 0.717) is 12.5 Å². The fourth-order valence-electron chi connectivity index (χ4n) is 1.46. The van der Waals surface area contributed by atoms with Crippen LogP contribution in [-0.4, -0.2) is 32.6 Å². The number of hydrogen-bond acceptors (Lipinski definition) is 3. The number of benzene rings is 1. The maximum absolute atomic E-state index is 13.4. The molecule has 21 heavy (non-hydrogen) atoms. The van der Waals surface area contributed by atoms with Gasteiger partial charge in [0, 0.05) is 25.7 Å². The van der Waals surface area contributed by atoms with Crippen molar-refractivity contribution in [2.45, 2.75) is 13.0 Å². The molecule has 0 heterocycles. The Balaban J connectivity index is 0.00000400. The van der Waals surface area contributed by atoms with Gasteiger partial charge in [0.15, 0.2) is 5.96 Å². The molecule has 118 valence electrons. The largest absolute Gasteiger partial charge is 0.469 e. The maximum Gasteiger partial charge on any atom is 0.307 e. The number of guanidine groups is 1. The summed E-state index contributed by atoms with van der Waals surface area (Å²) in [6, 6.07) is 3.24. The Bertz CT molecular complexity index is 498. The predicted octanol–water partition coefficient (Wildman–Crippen LogP) is 1.81. The fourth-order valence-corrected chi connectivity index (χ4v) is 1.46. The smallest absolute Gasteiger partial charge is 0.307 e. The summed E-state index contributed by atoms with van der Waals surface area (Å²) in [6.45, 7) is 0.416. The van der Waals surface area contributed by atoms with Crippen LogP contribution >= 0.6 is 24.0 Å². The summed E-state index contributed by atoms with van der Waals surface area (Å²) in [6.07, 6.45) is 0.186. The number of halogens is 3. The Morgan fingerprint density at radius 1 is 1.33 bits per heavy atom. The van der Waals surface area contributed by atoms with Crippen molar-refractivity contribution in [1.29, 1.82) is 0 Å². The average molecular weight is 413 g/mol. The van der Waals surface area contributed by atoms with Gasteiger partial charge in [0.2, 0.25) is 0 Å². The third-order valence-corrected chi connectivity index (χ3v) is 2.53. The van der Waals surface area contributed by atoms with Crippen LogP contribution < -0.4 is 10.6 Å². The lowest BCUT2D eigenvalue weighted by Gasteiger charge is -2.12. The first-order valence-corrected chi connectivity index (χ1v) is 6.02. The van der Waals surface area contributed by atoms with E-state index in [1.54, 1.807) is 0 Å². The summed E-state index contributed by atoms with van der Waals surface area (Å²) in [5, 5.41) is 5.69. The molecule has 0 amide bonds. The van der Waals surface area contributed by atoms with Crippen LogP contribution in [0.4, 0.5) is 8.78 Å². The number of aliphatic imine (C=N–C) groups is 1. The Morgan fingerprint density at radius 2 is 2.05 bits per heavy atom. The maximum atomic E-state index is 13.4. The van der Waals surface area contributed by atoms with Crippen LogP contribution in [-0.2, 0) is 16.1 Å². The van der Waals surface area contributed by atoms with E-state index in [0.717, 1.165) is 18.2 Å². The number of nitrogens with one attached hydrogen (secondary N) is 2. The Morgan fingerprint density at radius 3 is 2.67 bits per heavy atom. The summed E-state index contributed by atoms with van der Waals surface area (Å²) in [5.74, 6) is -0.956. The van der Waals surface area contributed by atoms with Crippen molar-refractivity contribution >= 4 is 35.9 Å². The minimum Gasteiger partial charge on any atom is -0.469 e. The van der Waals surface area contributed by atoms with E-state index in [2.05, 4.69) is 20.4 Å². The first-order chi connectivity index (χ1) is 9.56. The van der Waals surface area contributed by atoms with E-state index >= 15 is 0 Å². The van der Waals surface area contributed by atoms with E-state index in [9.17, 15) is 13.6 Å². The van der Waals surface area contributed by atoms with Crippen LogP contribution in [0.5, 0.6) is 0 Å². The molecule has 1 rings (SSSR count). The van der Waals surface area contributed by atoms with Crippen molar-refractivity contribution in [2.75, 3.05) is 20.7 Å². The molecular weight excluding hydrogens is 395 g/mol. The van der Waals surface area contributed by atoms with Crippen molar-refractivity contribution in [3.05, 3.63) is 35.4 Å². The van der Waals surface area contributed by atoms with Gasteiger partial charge >= 0.3 is 5.97 Å². The lowest BCUT2D eigenvalue weighted by atomic mass is 10.2. The highest BCUT2D eigenvalue weighted by Gasteiger charge is 2.06. The van der Waals surface area contributed by atoms with Crippen molar-refractivity contribution in [3.63, 3.8) is 0 Å². The first kappa shape index (κ1) is 19.6. The van der Waals surface area contributed by atoms with E-state index in [-0.39, 0.29) is 48.5 Å². The zero-order valence-corrected chi connectivity index (χ0v) is 14.1. The number of rotatable bonds is 5. The number of ether oxygens (including phenoxy) is 1. The standard InChI is InChI=1S/C13H17F2N3O2.HI/c1-16-13(17-6-5-12(19)20-2)18-8-9-7-10(14)3-4-11(9)15;/h3-4,7H,5-6,8H2,1-2H3,(H2,16,17,18);1H. The summed E-state index contributed by atoms with van der Waals surface area (Å²) in [7, 11) is 2.84. The van der Waals surface area contributed by atoms with Gasteiger partial charge in [-0.05, 0) is 18.2 Å². The monoisotopic (exact) mass is 413 g/mol. The molecule has 1 aromatic rings. The van der Waals surface area contributed by atoms with E-state index in [1.807, 2.05) is 0 Å². The number of methoxy groups -OCH3 is 1. The molecule has 0 aliphatic heterocycles. The number of hydrogen-bond donors (Lipinski definition) is 2. The molecule has 0 saturated heterocycles. The number of esters is 1. The summed E-state index contributed by atoms with van der Waals surface area (Å²) in [5.41, 5.74) is 0.195. The zero-order valence-electron chi connectivity index (χ0n) is 11.8. The first-order valence-electron chi connectivity index (χ1n) is 6.02. The second-order valence-corrected chi connectivity index (χ2v) is 3.91. The van der Waals surface area contributed by atoms with Crippen LogP contribution in [0, 0.1) is 11.6 Å². The van der Waals surface area contributed by atoms with Gasteiger partial charge in [-0.15, -0.1) is 24.0 Å². The molecule has 0 saturated carbocycles. The van der Waals surface area contributed by atoms with Crippen molar-refractivity contribution in [2.24, 2.45) is 4.99 Å². The second-order valence-electron chi connectivity index (χ2n) is 3.91. The molecule has 0 aromatic heterocycles. The van der Waals surface area contributed by atoms with E-state index < -0.39 is 11.6 Å². The highest BCUT2D eigenvalue weighted by atomic mass is 127. The molecule has 2 N–H and O–H groups in total. The number of carbonyl (C=O) groups excluding carboxylic acids is 1. The number of nitrogens with zero attached hydrogens (tertiary/aromatic N) is 1. The van der Waals surface area contributed by atoms with Crippen LogP contribution in [0.1, 0.15) is 12.0 Å². The summed E-state index contributed by atoms with van der Waals surface area (Å²) < 4.78 is 30.9. The molecule has 5 nitrogen and oxygen atoms in total. The Hall–Kier alpha value is -1.45. The molecule has 0 radical (unpaired) electrons. The average Bonchev–Trinajstić information content (AvgIpc) is 2.45. The van der Waals surface area contributed by atoms with E-state index in [1.165, 1.54) is 14.2 Å². The van der Waals surface area contributed by atoms with Crippen LogP contribution in [0.25, 0.3) is 0 Å². The quantitative estimate of drug-likeness (QED) is 0.335. The molecule has 0 spiro atoms. The lowest BCUT2D eigenvalue weighted by molar-refractivity contribution is -0.140.